The molecule has 0 aliphatic carbocycles. The van der Waals surface area contributed by atoms with Crippen LogP contribution in [-0.4, -0.2) is 46.4 Å². The predicted octanol–water partition coefficient (Wildman–Crippen LogP) is 2.01. The fourth-order valence-corrected chi connectivity index (χ4v) is 3.38. The van der Waals surface area contributed by atoms with Crippen molar-refractivity contribution in [1.29, 1.82) is 0 Å². The first-order valence-corrected chi connectivity index (χ1v) is 9.16. The van der Waals surface area contributed by atoms with E-state index in [0.29, 0.717) is 16.8 Å². The molecule has 154 valence electrons. The van der Waals surface area contributed by atoms with Gasteiger partial charge in [0.1, 0.15) is 12.0 Å². The summed E-state index contributed by atoms with van der Waals surface area (Å²) < 4.78 is 13.2. The van der Waals surface area contributed by atoms with Gasteiger partial charge < -0.3 is 25.8 Å². The van der Waals surface area contributed by atoms with E-state index in [-0.39, 0.29) is 30.8 Å². The predicted molar refractivity (Wildman–Crippen MR) is 104 cm³/mol. The molecule has 29 heavy (non-hydrogen) atoms. The lowest BCUT2D eigenvalue weighted by molar-refractivity contribution is -0.119. The van der Waals surface area contributed by atoms with E-state index < -0.39 is 24.0 Å². The fraction of sp³-hybridized carbons (Fsp3) is 0.350. The van der Waals surface area contributed by atoms with Crippen molar-refractivity contribution in [2.45, 2.75) is 26.1 Å². The number of rotatable bonds is 5. The van der Waals surface area contributed by atoms with Crippen molar-refractivity contribution in [3.8, 4) is 0 Å². The van der Waals surface area contributed by atoms with E-state index in [1.165, 1.54) is 30.0 Å². The van der Waals surface area contributed by atoms with E-state index in [1.54, 1.807) is 19.1 Å². The summed E-state index contributed by atoms with van der Waals surface area (Å²) in [6, 6.07) is 6.77. The third kappa shape index (κ3) is 4.20. The van der Waals surface area contributed by atoms with Crippen molar-refractivity contribution in [2.24, 2.45) is 5.92 Å². The minimum atomic E-state index is -1.12. The lowest BCUT2D eigenvalue weighted by Crippen LogP contribution is -2.48. The van der Waals surface area contributed by atoms with Crippen LogP contribution in [0.5, 0.6) is 0 Å². The van der Waals surface area contributed by atoms with Gasteiger partial charge in [0.05, 0.1) is 6.61 Å². The Morgan fingerprint density at radius 2 is 2.07 bits per heavy atom. The number of halogens is 1. The van der Waals surface area contributed by atoms with E-state index >= 15 is 0 Å². The smallest absolute Gasteiger partial charge is 0.251 e. The number of benzene rings is 1. The second-order valence-electron chi connectivity index (χ2n) is 6.82. The van der Waals surface area contributed by atoms with Gasteiger partial charge in [-0.3, -0.25) is 14.5 Å². The Bertz CT molecular complexity index is 906. The highest BCUT2D eigenvalue weighted by molar-refractivity contribution is 5.97. The van der Waals surface area contributed by atoms with Gasteiger partial charge in [0.2, 0.25) is 5.91 Å². The van der Waals surface area contributed by atoms with Gasteiger partial charge in [-0.2, -0.15) is 0 Å². The number of amides is 2. The first-order valence-electron chi connectivity index (χ1n) is 9.16. The maximum absolute atomic E-state index is 13.2. The topological polar surface area (TPSA) is 117 Å². The zero-order valence-electron chi connectivity index (χ0n) is 16.0. The molecule has 0 saturated heterocycles. The molecule has 0 spiro atoms. The van der Waals surface area contributed by atoms with Crippen LogP contribution in [-0.2, 0) is 4.79 Å². The molecule has 3 atom stereocenters. The number of hydrogen-bond donors (Lipinski definition) is 3. The second kappa shape index (κ2) is 8.54. The Labute approximate surface area is 167 Å². The van der Waals surface area contributed by atoms with Crippen molar-refractivity contribution >= 4 is 23.3 Å². The Kier molecular flexibility index (Phi) is 6.09. The minimum Gasteiger partial charge on any atom is -0.457 e. The van der Waals surface area contributed by atoms with Gasteiger partial charge in [-0.05, 0) is 42.1 Å². The van der Waals surface area contributed by atoms with Crippen molar-refractivity contribution in [1.82, 2.24) is 10.3 Å². The lowest BCUT2D eigenvalue weighted by Gasteiger charge is -2.45. The van der Waals surface area contributed by atoms with Crippen LogP contribution in [0.25, 0.3) is 5.32 Å². The number of pyridine rings is 1. The van der Waals surface area contributed by atoms with Crippen molar-refractivity contribution in [3.05, 3.63) is 58.8 Å². The van der Waals surface area contributed by atoms with Crippen LogP contribution in [0.2, 0.25) is 0 Å². The van der Waals surface area contributed by atoms with Gasteiger partial charge in [-0.15, -0.1) is 0 Å². The zero-order chi connectivity index (χ0) is 21.1. The molecule has 0 fully saturated rings. The lowest BCUT2D eigenvalue weighted by atomic mass is 9.85. The second-order valence-corrected chi connectivity index (χ2v) is 6.82. The number of carbonyl (C=O) groups excluding carboxylic acids is 2. The molecule has 1 unspecified atom stereocenters. The first-order chi connectivity index (χ1) is 13.8. The van der Waals surface area contributed by atoms with E-state index in [4.69, 9.17) is 5.11 Å². The van der Waals surface area contributed by atoms with Crippen LogP contribution in [0.15, 0.2) is 36.5 Å². The maximum atomic E-state index is 13.2. The van der Waals surface area contributed by atoms with Gasteiger partial charge in [-0.25, -0.2) is 4.39 Å². The number of aromatic nitrogens is 1. The summed E-state index contributed by atoms with van der Waals surface area (Å²) in [4.78, 5) is 29.7. The van der Waals surface area contributed by atoms with Gasteiger partial charge in [0, 0.05) is 30.6 Å². The van der Waals surface area contributed by atoms with Gasteiger partial charge in [-0.1, -0.05) is 18.8 Å². The van der Waals surface area contributed by atoms with Crippen molar-refractivity contribution in [2.75, 3.05) is 18.1 Å². The number of anilines is 1. The zero-order valence-corrected chi connectivity index (χ0v) is 16.0. The average Bonchev–Trinajstić information content (AvgIpc) is 2.70. The molecule has 0 radical (unpaired) electrons. The molecule has 1 aliphatic heterocycles. The maximum Gasteiger partial charge on any atom is 0.251 e. The number of aliphatic hydroxyl groups excluding tert-OH is 2. The molecule has 2 amide bonds. The number of fused-ring (bicyclic) bond motifs is 1. The van der Waals surface area contributed by atoms with Crippen LogP contribution in [0.3, 0.4) is 0 Å². The SMILES string of the molecule is CC(=O)N1c2ccc(C(=O)NCCO)cc2C([N-]c2ccc(F)cn2)[C@@H](C)[C@@H]1O. The van der Waals surface area contributed by atoms with Crippen LogP contribution in [0, 0.1) is 11.7 Å². The Balaban J connectivity index is 2.04. The van der Waals surface area contributed by atoms with Crippen LogP contribution in [0.4, 0.5) is 15.9 Å². The van der Waals surface area contributed by atoms with E-state index in [9.17, 15) is 19.1 Å². The highest BCUT2D eigenvalue weighted by Gasteiger charge is 2.38. The highest BCUT2D eigenvalue weighted by Crippen LogP contribution is 2.47. The van der Waals surface area contributed by atoms with E-state index in [1.807, 2.05) is 0 Å². The first kappa shape index (κ1) is 20.7. The average molecular weight is 401 g/mol. The Hall–Kier alpha value is -3.04. The third-order valence-corrected chi connectivity index (χ3v) is 4.82. The number of aliphatic hydroxyl groups is 2. The fourth-order valence-electron chi connectivity index (χ4n) is 3.38. The van der Waals surface area contributed by atoms with Gasteiger partial charge in [0.25, 0.3) is 5.91 Å². The summed E-state index contributed by atoms with van der Waals surface area (Å²) in [5.74, 6) is -1.46. The monoisotopic (exact) mass is 401 g/mol. The number of carbonyl (C=O) groups is 2. The number of nitrogens with zero attached hydrogens (tertiary/aromatic N) is 3. The molecular formula is C20H22FN4O4-. The summed E-state index contributed by atoms with van der Waals surface area (Å²) in [5.41, 5.74) is 1.34. The van der Waals surface area contributed by atoms with Gasteiger partial charge >= 0.3 is 0 Å². The molecule has 8 nitrogen and oxygen atoms in total. The molecule has 2 heterocycles. The van der Waals surface area contributed by atoms with Crippen LogP contribution < -0.4 is 10.2 Å². The van der Waals surface area contributed by atoms with Gasteiger partial charge in [0.15, 0.2) is 0 Å². The molecule has 9 heteroatoms. The Morgan fingerprint density at radius 1 is 1.31 bits per heavy atom. The van der Waals surface area contributed by atoms with Crippen molar-refractivity contribution < 1.29 is 24.2 Å². The molecule has 0 bridgehead atoms. The molecule has 1 aliphatic rings. The molecule has 2 aromatic rings. The summed E-state index contributed by atoms with van der Waals surface area (Å²) in [7, 11) is 0. The molecule has 3 rings (SSSR count). The molecule has 1 aromatic heterocycles. The third-order valence-electron chi connectivity index (χ3n) is 4.82. The molecule has 0 saturated carbocycles. The summed E-state index contributed by atoms with van der Waals surface area (Å²) >= 11 is 0. The standard InChI is InChI=1S/C20H23FN4O4/c1-11-18(24-17-6-4-14(21)10-23-17)15-9-13(19(28)22-7-8-26)3-5-16(15)25(12(2)27)20(11)29/h3-6,9-11,18,20,26,29H,7-8H2,1-2H3,(H2,22,23,24,28)/p-1/t11-,18?,20+/m1/s1. The molecular weight excluding hydrogens is 379 g/mol. The molecule has 1 aromatic carbocycles. The number of hydrogen-bond acceptors (Lipinski definition) is 5. The summed E-state index contributed by atoms with van der Waals surface area (Å²) in [6.45, 7) is 3.00. The van der Waals surface area contributed by atoms with E-state index in [2.05, 4.69) is 15.6 Å². The quantitative estimate of drug-likeness (QED) is 0.709. The Morgan fingerprint density at radius 3 is 2.69 bits per heavy atom. The normalized spacial score (nSPS) is 20.7. The largest absolute Gasteiger partial charge is 0.457 e. The molecule has 3 N–H and O–H groups in total. The van der Waals surface area contributed by atoms with Crippen molar-refractivity contribution in [3.63, 3.8) is 0 Å². The highest BCUT2D eigenvalue weighted by atomic mass is 19.1. The van der Waals surface area contributed by atoms with Crippen LogP contribution >= 0.6 is 0 Å². The minimum absolute atomic E-state index is 0.109. The van der Waals surface area contributed by atoms with Crippen LogP contribution in [0.1, 0.15) is 35.8 Å². The summed E-state index contributed by atoms with van der Waals surface area (Å²) in [5, 5.41) is 26.7. The number of nitrogens with one attached hydrogen (secondary N) is 1. The van der Waals surface area contributed by atoms with E-state index in [0.717, 1.165) is 6.20 Å². The summed E-state index contributed by atoms with van der Waals surface area (Å²) in [6.07, 6.45) is -0.0760.